The fourth-order valence-corrected chi connectivity index (χ4v) is 1.29. The zero-order chi connectivity index (χ0) is 8.10. The molecule has 1 N–H and O–H groups in total. The number of hydrogen-bond acceptors (Lipinski definition) is 2. The molecule has 1 aliphatic rings. The first-order chi connectivity index (χ1) is 5.34. The van der Waals surface area contributed by atoms with Crippen molar-refractivity contribution in [2.45, 2.75) is 57.8 Å². The largest absolute Gasteiger partial charge is 0.366 e. The molecule has 2 unspecified atom stereocenters. The summed E-state index contributed by atoms with van der Waals surface area (Å²) in [6.45, 7) is 2.22. The highest BCUT2D eigenvalue weighted by molar-refractivity contribution is 4.73. The predicted molar refractivity (Wildman–Crippen MR) is 44.3 cm³/mol. The monoisotopic (exact) mass is 158 g/mol. The maximum Gasteiger partial charge on any atom is 0.181 e. The molecule has 0 spiro atoms. The van der Waals surface area contributed by atoms with E-state index in [1.165, 1.54) is 32.1 Å². The molecular weight excluding hydrogens is 140 g/mol. The van der Waals surface area contributed by atoms with Crippen LogP contribution in [0.5, 0.6) is 0 Å². The summed E-state index contributed by atoms with van der Waals surface area (Å²) in [7, 11) is 0. The van der Waals surface area contributed by atoms with E-state index in [1.54, 1.807) is 0 Å². The lowest BCUT2D eigenvalue weighted by atomic mass is 10.1. The average Bonchev–Trinajstić information content (AvgIpc) is 2.67. The molecule has 1 fully saturated rings. The molecule has 2 nitrogen and oxygen atoms in total. The highest BCUT2D eigenvalue weighted by Crippen LogP contribution is 2.24. The van der Waals surface area contributed by atoms with Gasteiger partial charge in [-0.25, -0.2) is 0 Å². The molecule has 0 aromatic heterocycles. The van der Waals surface area contributed by atoms with Crippen molar-refractivity contribution < 1.29 is 9.84 Å². The van der Waals surface area contributed by atoms with Crippen molar-refractivity contribution in [2.24, 2.45) is 0 Å². The van der Waals surface area contributed by atoms with Gasteiger partial charge in [0.25, 0.3) is 0 Å². The van der Waals surface area contributed by atoms with Crippen LogP contribution in [0.2, 0.25) is 0 Å². The number of aliphatic hydroxyl groups is 1. The summed E-state index contributed by atoms with van der Waals surface area (Å²) in [5, 5.41) is 8.81. The Morgan fingerprint density at radius 3 is 2.36 bits per heavy atom. The van der Waals surface area contributed by atoms with Crippen molar-refractivity contribution in [3.05, 3.63) is 0 Å². The van der Waals surface area contributed by atoms with Crippen LogP contribution >= 0.6 is 0 Å². The van der Waals surface area contributed by atoms with Crippen LogP contribution in [0.4, 0.5) is 0 Å². The number of ether oxygens (including phenoxy) is 1. The van der Waals surface area contributed by atoms with Gasteiger partial charge in [-0.05, 0) is 6.42 Å². The first-order valence-corrected chi connectivity index (χ1v) is 4.68. The van der Waals surface area contributed by atoms with Crippen molar-refractivity contribution in [1.29, 1.82) is 0 Å². The van der Waals surface area contributed by atoms with Crippen LogP contribution < -0.4 is 0 Å². The standard InChI is InChI=1S/C9H18O2/c1-2-3-4-5-6-7-8-9(10)11-8/h8-10H,2-7H2,1H3. The third-order valence-corrected chi connectivity index (χ3v) is 2.15. The van der Waals surface area contributed by atoms with E-state index < -0.39 is 6.29 Å². The lowest BCUT2D eigenvalue weighted by molar-refractivity contribution is 0.156. The average molecular weight is 158 g/mol. The third-order valence-electron chi connectivity index (χ3n) is 2.15. The highest BCUT2D eigenvalue weighted by Gasteiger charge is 2.35. The molecule has 66 valence electrons. The summed E-state index contributed by atoms with van der Waals surface area (Å²) in [6.07, 6.45) is 7.26. The molecule has 1 heterocycles. The van der Waals surface area contributed by atoms with Gasteiger partial charge in [-0.1, -0.05) is 39.0 Å². The number of hydrogen-bond donors (Lipinski definition) is 1. The van der Waals surface area contributed by atoms with E-state index in [-0.39, 0.29) is 6.10 Å². The van der Waals surface area contributed by atoms with E-state index >= 15 is 0 Å². The Morgan fingerprint density at radius 1 is 1.18 bits per heavy atom. The predicted octanol–water partition coefficient (Wildman–Crippen LogP) is 2.06. The minimum Gasteiger partial charge on any atom is -0.366 e. The van der Waals surface area contributed by atoms with Gasteiger partial charge in [0.2, 0.25) is 0 Å². The van der Waals surface area contributed by atoms with E-state index in [1.807, 2.05) is 0 Å². The molecule has 0 aromatic carbocycles. The molecule has 0 bridgehead atoms. The van der Waals surface area contributed by atoms with Gasteiger partial charge in [0.1, 0.15) is 6.10 Å². The van der Waals surface area contributed by atoms with Crippen molar-refractivity contribution in [1.82, 2.24) is 0 Å². The Morgan fingerprint density at radius 2 is 1.82 bits per heavy atom. The van der Waals surface area contributed by atoms with Crippen molar-refractivity contribution in [3.63, 3.8) is 0 Å². The van der Waals surface area contributed by atoms with Crippen molar-refractivity contribution in [3.8, 4) is 0 Å². The van der Waals surface area contributed by atoms with Crippen LogP contribution in [0, 0.1) is 0 Å². The Kier molecular flexibility index (Phi) is 3.87. The summed E-state index contributed by atoms with van der Waals surface area (Å²) in [5.41, 5.74) is 0. The molecule has 1 aliphatic heterocycles. The van der Waals surface area contributed by atoms with Gasteiger partial charge >= 0.3 is 0 Å². The summed E-state index contributed by atoms with van der Waals surface area (Å²) < 4.78 is 4.88. The molecule has 0 aromatic rings. The summed E-state index contributed by atoms with van der Waals surface area (Å²) in [5.74, 6) is 0. The van der Waals surface area contributed by atoms with E-state index in [9.17, 15) is 0 Å². The second kappa shape index (κ2) is 4.73. The molecule has 1 saturated heterocycles. The number of unbranched alkanes of at least 4 members (excludes halogenated alkanes) is 4. The number of epoxide rings is 1. The van der Waals surface area contributed by atoms with Crippen LogP contribution in [0.3, 0.4) is 0 Å². The van der Waals surface area contributed by atoms with Crippen LogP contribution in [-0.2, 0) is 4.74 Å². The second-order valence-electron chi connectivity index (χ2n) is 3.27. The van der Waals surface area contributed by atoms with Gasteiger partial charge in [0.05, 0.1) is 0 Å². The van der Waals surface area contributed by atoms with Crippen LogP contribution in [-0.4, -0.2) is 17.5 Å². The molecule has 0 amide bonds. The third kappa shape index (κ3) is 3.73. The minimum atomic E-state index is -0.429. The zero-order valence-electron chi connectivity index (χ0n) is 7.25. The van der Waals surface area contributed by atoms with Crippen molar-refractivity contribution >= 4 is 0 Å². The lowest BCUT2D eigenvalue weighted by Gasteiger charge is -1.96. The van der Waals surface area contributed by atoms with E-state index in [0.29, 0.717) is 0 Å². The van der Waals surface area contributed by atoms with Crippen LogP contribution in [0.15, 0.2) is 0 Å². The quantitative estimate of drug-likeness (QED) is 0.474. The topological polar surface area (TPSA) is 32.8 Å². The fourth-order valence-electron chi connectivity index (χ4n) is 1.29. The highest BCUT2D eigenvalue weighted by atomic mass is 16.7. The molecule has 2 atom stereocenters. The molecule has 0 aliphatic carbocycles. The second-order valence-corrected chi connectivity index (χ2v) is 3.27. The first kappa shape index (κ1) is 9.01. The Balaban J connectivity index is 1.74. The number of aliphatic hydroxyl groups excluding tert-OH is 1. The lowest BCUT2D eigenvalue weighted by Crippen LogP contribution is -1.91. The molecular formula is C9H18O2. The Hall–Kier alpha value is -0.0800. The van der Waals surface area contributed by atoms with E-state index in [2.05, 4.69) is 6.92 Å². The van der Waals surface area contributed by atoms with Crippen molar-refractivity contribution in [2.75, 3.05) is 0 Å². The summed E-state index contributed by atoms with van der Waals surface area (Å²) >= 11 is 0. The smallest absolute Gasteiger partial charge is 0.181 e. The normalized spacial score (nSPS) is 28.9. The first-order valence-electron chi connectivity index (χ1n) is 4.68. The summed E-state index contributed by atoms with van der Waals surface area (Å²) in [6, 6.07) is 0. The maximum atomic E-state index is 8.81. The molecule has 11 heavy (non-hydrogen) atoms. The number of rotatable bonds is 6. The molecule has 1 rings (SSSR count). The van der Waals surface area contributed by atoms with Gasteiger partial charge in [0, 0.05) is 0 Å². The van der Waals surface area contributed by atoms with Gasteiger partial charge in [0.15, 0.2) is 6.29 Å². The maximum absolute atomic E-state index is 8.81. The Labute approximate surface area is 68.6 Å². The van der Waals surface area contributed by atoms with Gasteiger partial charge in [-0.2, -0.15) is 0 Å². The molecule has 2 heteroatoms. The van der Waals surface area contributed by atoms with Gasteiger partial charge < -0.3 is 9.84 Å². The minimum absolute atomic E-state index is 0.177. The summed E-state index contributed by atoms with van der Waals surface area (Å²) in [4.78, 5) is 0. The molecule has 0 radical (unpaired) electrons. The molecule has 0 saturated carbocycles. The zero-order valence-corrected chi connectivity index (χ0v) is 7.25. The van der Waals surface area contributed by atoms with E-state index in [4.69, 9.17) is 9.84 Å². The van der Waals surface area contributed by atoms with Gasteiger partial charge in [-0.15, -0.1) is 0 Å². The van der Waals surface area contributed by atoms with Crippen LogP contribution in [0.1, 0.15) is 45.4 Å². The SMILES string of the molecule is CCCCCCCC1OC1O. The van der Waals surface area contributed by atoms with Crippen LogP contribution in [0.25, 0.3) is 0 Å². The van der Waals surface area contributed by atoms with Gasteiger partial charge in [-0.3, -0.25) is 0 Å². The van der Waals surface area contributed by atoms with E-state index in [0.717, 1.165) is 6.42 Å². The Bertz CT molecular complexity index is 104. The fraction of sp³-hybridized carbons (Fsp3) is 1.00.